The lowest BCUT2D eigenvalue weighted by Gasteiger charge is -2.11. The summed E-state index contributed by atoms with van der Waals surface area (Å²) in [5, 5.41) is 8.43. The topological polar surface area (TPSA) is 20.2 Å². The molecule has 0 aromatic heterocycles. The smallest absolute Gasteiger partial charge is 0.176 e. The minimum atomic E-state index is -1.40. The zero-order chi connectivity index (χ0) is 11.0. The van der Waals surface area contributed by atoms with E-state index in [-0.39, 0.29) is 0 Å². The zero-order valence-electron chi connectivity index (χ0n) is 6.91. The Hall–Kier alpha value is -0.260. The van der Waals surface area contributed by atoms with E-state index in [0.29, 0.717) is 0 Å². The molecule has 0 fully saturated rings. The average molecular weight is 289 g/mol. The molecule has 0 spiro atoms. The van der Waals surface area contributed by atoms with Gasteiger partial charge in [-0.25, -0.2) is 13.2 Å². The molecule has 0 aliphatic rings. The summed E-state index contributed by atoms with van der Waals surface area (Å²) < 4.78 is 38.5. The molecule has 1 unspecified atom stereocenters. The van der Waals surface area contributed by atoms with Crippen molar-refractivity contribution in [3.8, 4) is 0 Å². The van der Waals surface area contributed by atoms with Crippen LogP contribution in [0.25, 0.3) is 0 Å². The molecule has 0 aliphatic carbocycles. The molecule has 1 rings (SSSR count). The van der Waals surface area contributed by atoms with Crippen molar-refractivity contribution in [3.05, 3.63) is 32.5 Å². The van der Waals surface area contributed by atoms with Gasteiger partial charge in [0, 0.05) is 5.56 Å². The Morgan fingerprint density at radius 3 is 2.14 bits per heavy atom. The second kappa shape index (κ2) is 4.08. The maximum absolute atomic E-state index is 13.1. The third-order valence-electron chi connectivity index (χ3n) is 1.66. The van der Waals surface area contributed by atoms with E-state index >= 15 is 0 Å². The Balaban J connectivity index is 3.60. The fourth-order valence-electron chi connectivity index (χ4n) is 0.989. The summed E-state index contributed by atoms with van der Waals surface area (Å²) in [4.78, 5) is 0. The summed E-state index contributed by atoms with van der Waals surface area (Å²) in [6.45, 7) is 1.16. The van der Waals surface area contributed by atoms with Gasteiger partial charge in [-0.2, -0.15) is 0 Å². The molecule has 1 nitrogen and oxygen atoms in total. The van der Waals surface area contributed by atoms with Crippen LogP contribution in [0.4, 0.5) is 13.2 Å². The first-order valence-corrected chi connectivity index (χ1v) is 4.74. The van der Waals surface area contributed by atoms with E-state index < -0.39 is 38.6 Å². The Morgan fingerprint density at radius 1 is 1.21 bits per heavy atom. The van der Waals surface area contributed by atoms with Gasteiger partial charge in [-0.05, 0) is 22.9 Å². The van der Waals surface area contributed by atoms with Gasteiger partial charge in [-0.1, -0.05) is 11.6 Å². The number of rotatable bonds is 1. The zero-order valence-corrected chi connectivity index (χ0v) is 9.26. The Kier molecular flexibility index (Phi) is 3.44. The number of aliphatic hydroxyl groups is 1. The normalized spacial score (nSPS) is 13.1. The molecule has 1 atom stereocenters. The Labute approximate surface area is 91.6 Å². The van der Waals surface area contributed by atoms with Crippen LogP contribution in [-0.4, -0.2) is 5.11 Å². The maximum atomic E-state index is 13.1. The van der Waals surface area contributed by atoms with E-state index in [1.807, 2.05) is 0 Å². The molecule has 1 aromatic rings. The highest BCUT2D eigenvalue weighted by molar-refractivity contribution is 9.10. The molecule has 78 valence electrons. The van der Waals surface area contributed by atoms with Crippen molar-refractivity contribution < 1.29 is 18.3 Å². The van der Waals surface area contributed by atoms with Crippen LogP contribution in [0, 0.1) is 17.5 Å². The lowest BCUT2D eigenvalue weighted by Crippen LogP contribution is -2.04. The summed E-state index contributed by atoms with van der Waals surface area (Å²) in [5.41, 5.74) is -0.579. The molecule has 6 heteroatoms. The molecule has 0 heterocycles. The third kappa shape index (κ3) is 1.76. The van der Waals surface area contributed by atoms with E-state index in [9.17, 15) is 13.2 Å². The summed E-state index contributed by atoms with van der Waals surface area (Å²) >= 11 is 7.91. The van der Waals surface area contributed by atoms with Gasteiger partial charge in [0.05, 0.1) is 15.6 Å². The van der Waals surface area contributed by atoms with Gasteiger partial charge in [0.2, 0.25) is 0 Å². The van der Waals surface area contributed by atoms with Crippen LogP contribution in [0.1, 0.15) is 18.6 Å². The highest BCUT2D eigenvalue weighted by atomic mass is 79.9. The predicted molar refractivity (Wildman–Crippen MR) is 49.7 cm³/mol. The van der Waals surface area contributed by atoms with E-state index in [4.69, 9.17) is 16.7 Å². The van der Waals surface area contributed by atoms with Gasteiger partial charge in [-0.15, -0.1) is 0 Å². The molecule has 0 aliphatic heterocycles. The van der Waals surface area contributed by atoms with Crippen molar-refractivity contribution in [2.45, 2.75) is 13.0 Å². The van der Waals surface area contributed by atoms with Crippen LogP contribution in [-0.2, 0) is 0 Å². The first-order chi connectivity index (χ1) is 6.37. The predicted octanol–water partition coefficient (Wildman–Crippen LogP) is 3.57. The van der Waals surface area contributed by atoms with Gasteiger partial charge >= 0.3 is 0 Å². The SMILES string of the molecule is CC(O)c1c(F)c(F)c(Br)c(F)c1Cl. The van der Waals surface area contributed by atoms with Crippen molar-refractivity contribution in [1.82, 2.24) is 0 Å². The molecule has 14 heavy (non-hydrogen) atoms. The van der Waals surface area contributed by atoms with E-state index in [1.54, 1.807) is 0 Å². The van der Waals surface area contributed by atoms with Crippen molar-refractivity contribution in [2.24, 2.45) is 0 Å². The van der Waals surface area contributed by atoms with Crippen LogP contribution in [0.5, 0.6) is 0 Å². The average Bonchev–Trinajstić information content (AvgIpc) is 2.11. The van der Waals surface area contributed by atoms with E-state index in [0.717, 1.165) is 6.92 Å². The van der Waals surface area contributed by atoms with Crippen LogP contribution in [0.2, 0.25) is 5.02 Å². The molecule has 1 aromatic carbocycles. The fraction of sp³-hybridized carbons (Fsp3) is 0.250. The summed E-state index contributed by atoms with van der Waals surface area (Å²) in [6.07, 6.45) is -1.38. The van der Waals surface area contributed by atoms with Gasteiger partial charge < -0.3 is 5.11 Å². The van der Waals surface area contributed by atoms with Gasteiger partial charge in [-0.3, -0.25) is 0 Å². The minimum absolute atomic E-state index is 0.579. The van der Waals surface area contributed by atoms with Gasteiger partial charge in [0.1, 0.15) is 0 Å². The number of aliphatic hydroxyl groups excluding tert-OH is 1. The Bertz CT molecular complexity index is 352. The first kappa shape index (κ1) is 11.8. The van der Waals surface area contributed by atoms with Crippen LogP contribution in [0.3, 0.4) is 0 Å². The second-order valence-corrected chi connectivity index (χ2v) is 3.83. The largest absolute Gasteiger partial charge is 0.389 e. The molecule has 0 amide bonds. The number of hydrogen-bond donors (Lipinski definition) is 1. The van der Waals surface area contributed by atoms with Crippen molar-refractivity contribution >= 4 is 27.5 Å². The molecule has 0 saturated heterocycles. The minimum Gasteiger partial charge on any atom is -0.389 e. The van der Waals surface area contributed by atoms with Crippen molar-refractivity contribution in [1.29, 1.82) is 0 Å². The second-order valence-electron chi connectivity index (χ2n) is 2.66. The first-order valence-electron chi connectivity index (χ1n) is 3.57. The quantitative estimate of drug-likeness (QED) is 0.619. The fourth-order valence-corrected chi connectivity index (χ4v) is 1.81. The number of benzene rings is 1. The molecular weight excluding hydrogens is 284 g/mol. The highest BCUT2D eigenvalue weighted by Gasteiger charge is 2.24. The van der Waals surface area contributed by atoms with Crippen molar-refractivity contribution in [2.75, 3.05) is 0 Å². The number of hydrogen-bond acceptors (Lipinski definition) is 1. The van der Waals surface area contributed by atoms with Crippen molar-refractivity contribution in [3.63, 3.8) is 0 Å². The van der Waals surface area contributed by atoms with Crippen LogP contribution < -0.4 is 0 Å². The maximum Gasteiger partial charge on any atom is 0.176 e. The Morgan fingerprint density at radius 2 is 1.71 bits per heavy atom. The van der Waals surface area contributed by atoms with Gasteiger partial charge in [0.25, 0.3) is 0 Å². The van der Waals surface area contributed by atoms with E-state index in [2.05, 4.69) is 15.9 Å². The standard InChI is InChI=1S/C8H5BrClF3O/c1-2(14)3-5(10)7(12)4(9)8(13)6(3)11/h2,14H,1H3. The van der Waals surface area contributed by atoms with Gasteiger partial charge in [0.15, 0.2) is 17.5 Å². The summed E-state index contributed by atoms with van der Waals surface area (Å²) in [5.74, 6) is -3.87. The van der Waals surface area contributed by atoms with Crippen LogP contribution >= 0.6 is 27.5 Å². The summed E-state index contributed by atoms with van der Waals surface area (Å²) in [6, 6.07) is 0. The molecule has 0 radical (unpaired) electrons. The molecular formula is C8H5BrClF3O. The monoisotopic (exact) mass is 288 g/mol. The summed E-state index contributed by atoms with van der Waals surface area (Å²) in [7, 11) is 0. The third-order valence-corrected chi connectivity index (χ3v) is 2.73. The van der Waals surface area contributed by atoms with Crippen LogP contribution in [0.15, 0.2) is 4.47 Å². The molecule has 0 saturated carbocycles. The highest BCUT2D eigenvalue weighted by Crippen LogP contribution is 2.35. The molecule has 1 N–H and O–H groups in total. The number of halogens is 5. The lowest BCUT2D eigenvalue weighted by atomic mass is 10.1. The van der Waals surface area contributed by atoms with E-state index in [1.165, 1.54) is 0 Å². The molecule has 0 bridgehead atoms. The lowest BCUT2D eigenvalue weighted by molar-refractivity contribution is 0.192.